The molecule has 0 aliphatic heterocycles. The van der Waals surface area contributed by atoms with Crippen LogP contribution in [0.4, 0.5) is 4.39 Å². The van der Waals surface area contributed by atoms with Gasteiger partial charge in [0, 0.05) is 18.0 Å². The highest BCUT2D eigenvalue weighted by molar-refractivity contribution is 5.77. The van der Waals surface area contributed by atoms with Crippen molar-refractivity contribution >= 4 is 5.97 Å². The van der Waals surface area contributed by atoms with Crippen molar-refractivity contribution in [2.75, 3.05) is 14.1 Å². The molecule has 1 aromatic rings. The van der Waals surface area contributed by atoms with Gasteiger partial charge in [0.25, 0.3) is 0 Å². The average molecular weight is 362 g/mol. The number of ether oxygens (including phenoxy) is 1. The first kappa shape index (κ1) is 19.3. The molecular formula is C22H32FNO2. The number of rotatable bonds is 3. The molecule has 144 valence electrons. The maximum absolute atomic E-state index is 14.4. The number of carbonyl (C=O) groups is 1. The summed E-state index contributed by atoms with van der Waals surface area (Å²) < 4.78 is 19.8. The molecular weight excluding hydrogens is 329 g/mol. The van der Waals surface area contributed by atoms with Gasteiger partial charge in [0.1, 0.15) is 11.6 Å². The average Bonchev–Trinajstić information content (AvgIpc) is 2.79. The Bertz CT molecular complexity index is 694. The maximum atomic E-state index is 14.4. The normalized spacial score (nSPS) is 31.3. The molecule has 2 aliphatic carbocycles. The van der Waals surface area contributed by atoms with Crippen LogP contribution in [-0.2, 0) is 4.79 Å². The molecule has 4 atom stereocenters. The minimum absolute atomic E-state index is 0.263. The SMILES string of the molecule is CN(C)C1C(c2cc(F)cc(OC(=O)C(C)(C)C)c2)CC2CCC1(C)C2. The lowest BCUT2D eigenvalue weighted by molar-refractivity contribution is -0.143. The van der Waals surface area contributed by atoms with Crippen molar-refractivity contribution in [3.05, 3.63) is 29.6 Å². The van der Waals surface area contributed by atoms with E-state index in [1.807, 2.05) is 6.07 Å². The Morgan fingerprint density at radius 2 is 1.96 bits per heavy atom. The summed E-state index contributed by atoms with van der Waals surface area (Å²) in [6, 6.07) is 5.19. The molecule has 4 unspecified atom stereocenters. The Morgan fingerprint density at radius 1 is 1.27 bits per heavy atom. The molecule has 2 bridgehead atoms. The molecule has 4 heteroatoms. The molecule has 0 saturated heterocycles. The molecule has 0 amide bonds. The van der Waals surface area contributed by atoms with E-state index < -0.39 is 5.41 Å². The first-order chi connectivity index (χ1) is 12.0. The van der Waals surface area contributed by atoms with E-state index in [2.05, 4.69) is 25.9 Å². The number of nitrogens with zero attached hydrogens (tertiary/aromatic N) is 1. The number of hydrogen-bond acceptors (Lipinski definition) is 3. The predicted molar refractivity (Wildman–Crippen MR) is 102 cm³/mol. The monoisotopic (exact) mass is 361 g/mol. The van der Waals surface area contributed by atoms with Crippen LogP contribution < -0.4 is 4.74 Å². The third-order valence-corrected chi connectivity index (χ3v) is 6.26. The summed E-state index contributed by atoms with van der Waals surface area (Å²) in [5.74, 6) is 0.623. The Hall–Kier alpha value is -1.42. The van der Waals surface area contributed by atoms with Gasteiger partial charge < -0.3 is 9.64 Å². The van der Waals surface area contributed by atoms with Gasteiger partial charge in [-0.15, -0.1) is 0 Å². The van der Waals surface area contributed by atoms with Crippen LogP contribution in [0.1, 0.15) is 64.9 Å². The van der Waals surface area contributed by atoms with Crippen molar-refractivity contribution in [3.63, 3.8) is 0 Å². The van der Waals surface area contributed by atoms with Crippen molar-refractivity contribution in [1.82, 2.24) is 4.90 Å². The fourth-order valence-electron chi connectivity index (χ4n) is 5.26. The van der Waals surface area contributed by atoms with Crippen LogP contribution in [0.2, 0.25) is 0 Å². The molecule has 2 fully saturated rings. The van der Waals surface area contributed by atoms with Gasteiger partial charge in [0.15, 0.2) is 0 Å². The molecule has 2 saturated carbocycles. The van der Waals surface area contributed by atoms with E-state index in [-0.39, 0.29) is 23.1 Å². The number of likely N-dealkylation sites (N-methyl/N-ethyl adjacent to an activating group) is 1. The van der Waals surface area contributed by atoms with Crippen molar-refractivity contribution in [2.45, 2.75) is 65.3 Å². The highest BCUT2D eigenvalue weighted by Gasteiger charge is 2.51. The number of fused-ring (bicyclic) bond motifs is 2. The smallest absolute Gasteiger partial charge is 0.316 e. The van der Waals surface area contributed by atoms with Gasteiger partial charge in [-0.05, 0) is 89.6 Å². The van der Waals surface area contributed by atoms with Gasteiger partial charge in [-0.2, -0.15) is 0 Å². The lowest BCUT2D eigenvalue weighted by Gasteiger charge is -2.47. The third kappa shape index (κ3) is 3.66. The second kappa shape index (κ2) is 6.63. The van der Waals surface area contributed by atoms with E-state index in [4.69, 9.17) is 4.74 Å². The zero-order valence-electron chi connectivity index (χ0n) is 16.9. The van der Waals surface area contributed by atoms with Gasteiger partial charge >= 0.3 is 5.97 Å². The topological polar surface area (TPSA) is 29.5 Å². The van der Waals surface area contributed by atoms with Crippen molar-refractivity contribution in [1.29, 1.82) is 0 Å². The lowest BCUT2D eigenvalue weighted by atomic mass is 9.65. The molecule has 2 aliphatic rings. The Balaban J connectivity index is 1.94. The summed E-state index contributed by atoms with van der Waals surface area (Å²) in [6.45, 7) is 7.79. The summed E-state index contributed by atoms with van der Waals surface area (Å²) >= 11 is 0. The molecule has 1 aromatic carbocycles. The van der Waals surface area contributed by atoms with Gasteiger partial charge in [0.05, 0.1) is 5.41 Å². The summed E-state index contributed by atoms with van der Waals surface area (Å²) in [7, 11) is 4.25. The molecule has 3 nitrogen and oxygen atoms in total. The van der Waals surface area contributed by atoms with Gasteiger partial charge in [-0.3, -0.25) is 4.79 Å². The zero-order valence-corrected chi connectivity index (χ0v) is 16.9. The zero-order chi connectivity index (χ0) is 19.3. The fraction of sp³-hybridized carbons (Fsp3) is 0.682. The van der Waals surface area contributed by atoms with Gasteiger partial charge in [-0.1, -0.05) is 6.92 Å². The molecule has 3 rings (SSSR count). The molecule has 0 heterocycles. The highest BCUT2D eigenvalue weighted by atomic mass is 19.1. The van der Waals surface area contributed by atoms with Crippen LogP contribution >= 0.6 is 0 Å². The number of carbonyl (C=O) groups excluding carboxylic acids is 1. The van der Waals surface area contributed by atoms with Crippen LogP contribution in [0.3, 0.4) is 0 Å². The second-order valence-electron chi connectivity index (χ2n) is 9.87. The van der Waals surface area contributed by atoms with E-state index in [9.17, 15) is 9.18 Å². The largest absolute Gasteiger partial charge is 0.426 e. The molecule has 0 N–H and O–H groups in total. The van der Waals surface area contributed by atoms with Crippen molar-refractivity contribution in [3.8, 4) is 5.75 Å². The number of esters is 1. The summed E-state index contributed by atoms with van der Waals surface area (Å²) in [5.41, 5.74) is 0.611. The molecule has 0 radical (unpaired) electrons. The van der Waals surface area contributed by atoms with Crippen LogP contribution in [0.5, 0.6) is 5.75 Å². The quantitative estimate of drug-likeness (QED) is 0.560. The Labute approximate surface area is 156 Å². The van der Waals surface area contributed by atoms with Crippen LogP contribution in [0, 0.1) is 22.6 Å². The molecule has 26 heavy (non-hydrogen) atoms. The van der Waals surface area contributed by atoms with E-state index in [1.54, 1.807) is 26.8 Å². The van der Waals surface area contributed by atoms with Crippen LogP contribution in [0.15, 0.2) is 18.2 Å². The number of benzene rings is 1. The minimum Gasteiger partial charge on any atom is -0.426 e. The van der Waals surface area contributed by atoms with Crippen molar-refractivity contribution in [2.24, 2.45) is 16.7 Å². The van der Waals surface area contributed by atoms with Crippen LogP contribution in [-0.4, -0.2) is 31.0 Å². The van der Waals surface area contributed by atoms with E-state index in [0.29, 0.717) is 17.7 Å². The lowest BCUT2D eigenvalue weighted by Crippen LogP contribution is -2.48. The summed E-state index contributed by atoms with van der Waals surface area (Å²) in [4.78, 5) is 14.5. The Morgan fingerprint density at radius 3 is 2.58 bits per heavy atom. The summed E-state index contributed by atoms with van der Waals surface area (Å²) in [6.07, 6.45) is 4.83. The number of halogens is 1. The molecule has 0 aromatic heterocycles. The predicted octanol–water partition coefficient (Wildman–Crippen LogP) is 5.00. The maximum Gasteiger partial charge on any atom is 0.316 e. The van der Waals surface area contributed by atoms with Gasteiger partial charge in [-0.25, -0.2) is 4.39 Å². The molecule has 0 spiro atoms. The summed E-state index contributed by atoms with van der Waals surface area (Å²) in [5, 5.41) is 0. The standard InChI is InChI=1S/C22H32FNO2/c1-21(2,3)20(25)26-17-11-15(10-16(23)12-17)18-9-14-7-8-22(4,13-14)19(18)24(5)6/h10-12,14,18-19H,7-9,13H2,1-6H3. The van der Waals surface area contributed by atoms with Crippen LogP contribution in [0.25, 0.3) is 0 Å². The first-order valence-electron chi connectivity index (χ1n) is 9.69. The van der Waals surface area contributed by atoms with Gasteiger partial charge in [0.2, 0.25) is 0 Å². The first-order valence-corrected chi connectivity index (χ1v) is 9.69. The minimum atomic E-state index is -0.615. The Kier molecular flexibility index (Phi) is 4.93. The van der Waals surface area contributed by atoms with E-state index in [0.717, 1.165) is 12.0 Å². The van der Waals surface area contributed by atoms with Crippen molar-refractivity contribution < 1.29 is 13.9 Å². The third-order valence-electron chi connectivity index (χ3n) is 6.26. The highest BCUT2D eigenvalue weighted by Crippen LogP contribution is 2.57. The van der Waals surface area contributed by atoms with E-state index >= 15 is 0 Å². The van der Waals surface area contributed by atoms with E-state index in [1.165, 1.54) is 25.3 Å². The second-order valence-corrected chi connectivity index (χ2v) is 9.87. The fourth-order valence-corrected chi connectivity index (χ4v) is 5.26. The number of hydrogen-bond donors (Lipinski definition) is 0.